The number of aromatic nitrogens is 2. The van der Waals surface area contributed by atoms with Gasteiger partial charge in [-0.25, -0.2) is 4.98 Å². The highest BCUT2D eigenvalue weighted by molar-refractivity contribution is 6.24. The van der Waals surface area contributed by atoms with Crippen molar-refractivity contribution in [1.82, 2.24) is 9.55 Å². The smallest absolute Gasteiger partial charge is 0.145 e. The molecule has 0 N–H and O–H groups in total. The van der Waals surface area contributed by atoms with Gasteiger partial charge in [0.15, 0.2) is 0 Å². The fraction of sp³-hybridized carbons (Fsp3) is 0. The molecule has 1 aliphatic heterocycles. The monoisotopic (exact) mass is 685 g/mol. The van der Waals surface area contributed by atoms with Crippen LogP contribution in [0.1, 0.15) is 0 Å². The van der Waals surface area contributed by atoms with E-state index in [9.17, 15) is 0 Å². The average molecular weight is 686 g/mol. The van der Waals surface area contributed by atoms with Crippen molar-refractivity contribution in [1.29, 1.82) is 0 Å². The van der Waals surface area contributed by atoms with Crippen molar-refractivity contribution in [2.75, 3.05) is 4.90 Å². The molecule has 0 aliphatic carbocycles. The molecule has 250 valence electrons. The first-order valence-electron chi connectivity index (χ1n) is 18.6. The second-order valence-corrected chi connectivity index (χ2v) is 14.3. The summed E-state index contributed by atoms with van der Waals surface area (Å²) >= 11 is 0. The van der Waals surface area contributed by atoms with Crippen LogP contribution in [-0.4, -0.2) is 9.55 Å². The van der Waals surface area contributed by atoms with E-state index >= 15 is 0 Å². The zero-order chi connectivity index (χ0) is 35.3. The summed E-state index contributed by atoms with van der Waals surface area (Å²) in [6, 6.07) is 68.6. The highest BCUT2D eigenvalue weighted by Crippen LogP contribution is 2.53. The molecule has 1 aliphatic rings. The van der Waals surface area contributed by atoms with E-state index in [1.54, 1.807) is 0 Å². The topological polar surface area (TPSA) is 21.1 Å². The lowest BCUT2D eigenvalue weighted by atomic mass is 9.88. The third-order valence-corrected chi connectivity index (χ3v) is 11.4. The summed E-state index contributed by atoms with van der Waals surface area (Å²) in [5.41, 5.74) is 10.2. The van der Waals surface area contributed by atoms with Crippen molar-refractivity contribution in [2.45, 2.75) is 0 Å². The molecule has 0 unspecified atom stereocenters. The minimum Gasteiger partial charge on any atom is -0.305 e. The molecule has 0 saturated carbocycles. The summed E-state index contributed by atoms with van der Waals surface area (Å²) in [7, 11) is 0. The molecule has 0 radical (unpaired) electrons. The highest BCUT2D eigenvalue weighted by Gasteiger charge is 2.31. The van der Waals surface area contributed by atoms with Crippen LogP contribution in [0.4, 0.5) is 17.1 Å². The zero-order valence-corrected chi connectivity index (χ0v) is 29.2. The number of benzene rings is 10. The second-order valence-electron chi connectivity index (χ2n) is 14.3. The van der Waals surface area contributed by atoms with Gasteiger partial charge in [0.25, 0.3) is 0 Å². The van der Waals surface area contributed by atoms with Gasteiger partial charge >= 0.3 is 0 Å². The number of imidazole rings is 1. The van der Waals surface area contributed by atoms with E-state index in [2.05, 4.69) is 198 Å². The molecular formula is C51H31N3. The van der Waals surface area contributed by atoms with Crippen molar-refractivity contribution < 1.29 is 0 Å². The summed E-state index contributed by atoms with van der Waals surface area (Å²) in [5.74, 6) is 0.949. The maximum absolute atomic E-state index is 5.35. The fourth-order valence-corrected chi connectivity index (χ4v) is 9.08. The van der Waals surface area contributed by atoms with Gasteiger partial charge in [-0.05, 0) is 90.6 Å². The SMILES string of the molecule is c1ccc2c(c1)N(c1c3ccccc3c(-c3ccc4c(ccc5ccccc54)c3)c3ccccc13)c1cccc3nc(-c4ccc5ccccc5c4)n-2c13. The minimum atomic E-state index is 0.949. The first-order chi connectivity index (χ1) is 26.8. The first-order valence-corrected chi connectivity index (χ1v) is 18.6. The highest BCUT2D eigenvalue weighted by atomic mass is 15.2. The number of anilines is 3. The predicted molar refractivity (Wildman–Crippen MR) is 228 cm³/mol. The molecule has 0 amide bonds. The molecule has 3 heteroatoms. The lowest BCUT2D eigenvalue weighted by Crippen LogP contribution is -2.19. The molecule has 11 aromatic rings. The van der Waals surface area contributed by atoms with Crippen molar-refractivity contribution in [3.8, 4) is 28.2 Å². The van der Waals surface area contributed by atoms with Gasteiger partial charge in [0.05, 0.1) is 33.8 Å². The Bertz CT molecular complexity index is 3300. The number of rotatable bonds is 3. The van der Waals surface area contributed by atoms with Crippen LogP contribution in [0.3, 0.4) is 0 Å². The molecule has 2 heterocycles. The fourth-order valence-electron chi connectivity index (χ4n) is 9.08. The normalized spacial score (nSPS) is 12.4. The van der Waals surface area contributed by atoms with Crippen LogP contribution in [0.15, 0.2) is 188 Å². The Morgan fingerprint density at radius 1 is 0.352 bits per heavy atom. The Morgan fingerprint density at radius 2 is 0.907 bits per heavy atom. The Kier molecular flexibility index (Phi) is 6.05. The van der Waals surface area contributed by atoms with E-state index in [0.29, 0.717) is 0 Å². The Morgan fingerprint density at radius 3 is 1.70 bits per heavy atom. The number of fused-ring (bicyclic) bond motifs is 8. The third-order valence-electron chi connectivity index (χ3n) is 11.4. The molecule has 0 atom stereocenters. The summed E-state index contributed by atoms with van der Waals surface area (Å²) in [6.07, 6.45) is 0. The molecule has 1 aromatic heterocycles. The van der Waals surface area contributed by atoms with Crippen LogP contribution in [0.25, 0.3) is 93.1 Å². The predicted octanol–water partition coefficient (Wildman–Crippen LogP) is 13.9. The number of para-hydroxylation sites is 3. The van der Waals surface area contributed by atoms with Gasteiger partial charge in [0.2, 0.25) is 0 Å². The van der Waals surface area contributed by atoms with Crippen molar-refractivity contribution >= 4 is 82.0 Å². The van der Waals surface area contributed by atoms with E-state index in [4.69, 9.17) is 4.98 Å². The minimum absolute atomic E-state index is 0.949. The number of hydrogen-bond donors (Lipinski definition) is 0. The molecule has 54 heavy (non-hydrogen) atoms. The Hall–Kier alpha value is -7.23. The van der Waals surface area contributed by atoms with Gasteiger partial charge in [-0.15, -0.1) is 0 Å². The molecule has 0 fully saturated rings. The van der Waals surface area contributed by atoms with Crippen LogP contribution < -0.4 is 4.90 Å². The van der Waals surface area contributed by atoms with E-state index in [0.717, 1.165) is 39.5 Å². The van der Waals surface area contributed by atoms with E-state index in [-0.39, 0.29) is 0 Å². The Labute approximate surface area is 311 Å². The van der Waals surface area contributed by atoms with Crippen molar-refractivity contribution in [3.63, 3.8) is 0 Å². The summed E-state index contributed by atoms with van der Waals surface area (Å²) in [4.78, 5) is 7.84. The van der Waals surface area contributed by atoms with Crippen LogP contribution in [0.5, 0.6) is 0 Å². The second kappa shape index (κ2) is 11.1. The van der Waals surface area contributed by atoms with Gasteiger partial charge < -0.3 is 4.90 Å². The number of hydrogen-bond acceptors (Lipinski definition) is 2. The molecule has 0 spiro atoms. The summed E-state index contributed by atoms with van der Waals surface area (Å²) in [5, 5.41) is 12.4. The zero-order valence-electron chi connectivity index (χ0n) is 29.2. The quantitative estimate of drug-likeness (QED) is 0.136. The largest absolute Gasteiger partial charge is 0.305 e. The molecule has 3 nitrogen and oxygen atoms in total. The standard InChI is InChI=1S/C51H31N3/c1-2-14-34-30-37(27-24-32(34)12-1)51-52-44-20-11-23-47-50(44)54(51)46-22-10-9-21-45(46)53(47)49-42-18-7-5-16-40(42)48(41-17-6-8-19-43(41)49)36-28-29-39-35(31-36)26-25-33-13-3-4-15-38(33)39/h1-31H. The number of nitrogens with zero attached hydrogens (tertiary/aromatic N) is 3. The van der Waals surface area contributed by atoms with Gasteiger partial charge in [0.1, 0.15) is 5.82 Å². The van der Waals surface area contributed by atoms with Crippen molar-refractivity contribution in [3.05, 3.63) is 188 Å². The summed E-state index contributed by atoms with van der Waals surface area (Å²) < 4.78 is 2.37. The van der Waals surface area contributed by atoms with Gasteiger partial charge in [-0.3, -0.25) is 4.57 Å². The van der Waals surface area contributed by atoms with Crippen molar-refractivity contribution in [2.24, 2.45) is 0 Å². The Balaban J connectivity index is 1.14. The molecule has 12 rings (SSSR count). The van der Waals surface area contributed by atoms with Crippen LogP contribution in [0, 0.1) is 0 Å². The third kappa shape index (κ3) is 4.09. The van der Waals surface area contributed by atoms with Gasteiger partial charge in [-0.2, -0.15) is 0 Å². The average Bonchev–Trinajstić information content (AvgIpc) is 3.64. The van der Waals surface area contributed by atoms with Gasteiger partial charge in [-0.1, -0.05) is 152 Å². The maximum Gasteiger partial charge on any atom is 0.145 e. The first kappa shape index (κ1) is 29.4. The summed E-state index contributed by atoms with van der Waals surface area (Å²) in [6.45, 7) is 0. The van der Waals surface area contributed by atoms with Crippen LogP contribution >= 0.6 is 0 Å². The lowest BCUT2D eigenvalue weighted by molar-refractivity contribution is 1.07. The van der Waals surface area contributed by atoms with E-state index < -0.39 is 0 Å². The molecule has 10 aromatic carbocycles. The van der Waals surface area contributed by atoms with Crippen LogP contribution in [-0.2, 0) is 0 Å². The molecule has 0 bridgehead atoms. The molecular weight excluding hydrogens is 655 g/mol. The lowest BCUT2D eigenvalue weighted by Gasteiger charge is -2.35. The van der Waals surface area contributed by atoms with E-state index in [1.165, 1.54) is 70.7 Å². The van der Waals surface area contributed by atoms with Crippen LogP contribution in [0.2, 0.25) is 0 Å². The maximum atomic E-state index is 5.35. The van der Waals surface area contributed by atoms with E-state index in [1.807, 2.05) is 0 Å². The van der Waals surface area contributed by atoms with Gasteiger partial charge in [0, 0.05) is 16.3 Å². The molecule has 0 saturated heterocycles.